The number of aromatic nitrogens is 3. The maximum atomic E-state index is 14.2. The molecule has 0 amide bonds. The predicted octanol–water partition coefficient (Wildman–Crippen LogP) is 4.24. The number of allylic oxidation sites excluding steroid dienone is 2. The van der Waals surface area contributed by atoms with Crippen LogP contribution in [0.2, 0.25) is 0 Å². The van der Waals surface area contributed by atoms with Crippen LogP contribution in [0.1, 0.15) is 64.3 Å². The third-order valence-electron chi connectivity index (χ3n) is 7.67. The van der Waals surface area contributed by atoms with Gasteiger partial charge in [0.25, 0.3) is 0 Å². The molecule has 3 heterocycles. The van der Waals surface area contributed by atoms with E-state index in [0.29, 0.717) is 50.2 Å². The minimum absolute atomic E-state index is 0.0965. The first kappa shape index (κ1) is 27.5. The Hall–Kier alpha value is -2.55. The van der Waals surface area contributed by atoms with E-state index < -0.39 is 6.10 Å². The molecule has 4 rings (SSSR count). The summed E-state index contributed by atoms with van der Waals surface area (Å²) in [4.78, 5) is 15.3. The van der Waals surface area contributed by atoms with Gasteiger partial charge in [-0.1, -0.05) is 49.4 Å². The lowest BCUT2D eigenvalue weighted by molar-refractivity contribution is -0.0267. The van der Waals surface area contributed by atoms with E-state index in [-0.39, 0.29) is 24.2 Å². The van der Waals surface area contributed by atoms with E-state index in [1.165, 1.54) is 4.68 Å². The molecule has 0 spiro atoms. The van der Waals surface area contributed by atoms with Gasteiger partial charge in [-0.15, -0.1) is 0 Å². The lowest BCUT2D eigenvalue weighted by atomic mass is 9.99. The van der Waals surface area contributed by atoms with Gasteiger partial charge in [0.15, 0.2) is 0 Å². The van der Waals surface area contributed by atoms with Crippen LogP contribution in [0.5, 0.6) is 0 Å². The highest BCUT2D eigenvalue weighted by atomic mass is 19.1. The summed E-state index contributed by atoms with van der Waals surface area (Å²) in [7, 11) is 0. The van der Waals surface area contributed by atoms with Crippen molar-refractivity contribution in [2.24, 2.45) is 0 Å². The van der Waals surface area contributed by atoms with Crippen molar-refractivity contribution in [2.75, 3.05) is 13.2 Å². The topological polar surface area (TPSA) is 72.5 Å². The van der Waals surface area contributed by atoms with Crippen LogP contribution < -0.4 is 5.69 Å². The predicted molar refractivity (Wildman–Crippen MR) is 143 cm³/mol. The van der Waals surface area contributed by atoms with Gasteiger partial charge in [-0.2, -0.15) is 5.10 Å². The lowest BCUT2D eigenvalue weighted by Crippen LogP contribution is -2.49. The molecule has 3 atom stereocenters. The molecule has 0 saturated carbocycles. The summed E-state index contributed by atoms with van der Waals surface area (Å²) < 4.78 is 23.4. The number of halogens is 1. The fourth-order valence-corrected chi connectivity index (χ4v) is 5.84. The number of hydrogen-bond acceptors (Lipinski definition) is 5. The molecule has 7 nitrogen and oxygen atoms in total. The number of aliphatic hydroxyl groups is 1. The number of rotatable bonds is 12. The highest BCUT2D eigenvalue weighted by Gasteiger charge is 2.41. The van der Waals surface area contributed by atoms with Crippen molar-refractivity contribution in [1.29, 1.82) is 0 Å². The highest BCUT2D eigenvalue weighted by Crippen LogP contribution is 2.37. The molecule has 1 N–H and O–H groups in total. The molecule has 2 aliphatic rings. The molecule has 37 heavy (non-hydrogen) atoms. The Balaban J connectivity index is 1.34. The third-order valence-corrected chi connectivity index (χ3v) is 7.67. The lowest BCUT2D eigenvalue weighted by Gasteiger charge is -2.39. The largest absolute Gasteiger partial charge is 0.390 e. The average Bonchev–Trinajstić information content (AvgIpc) is 3.30. The van der Waals surface area contributed by atoms with Crippen molar-refractivity contribution in [3.63, 3.8) is 0 Å². The van der Waals surface area contributed by atoms with Crippen molar-refractivity contribution < 1.29 is 14.2 Å². The second-order valence-electron chi connectivity index (χ2n) is 10.2. The Morgan fingerprint density at radius 2 is 1.89 bits per heavy atom. The summed E-state index contributed by atoms with van der Waals surface area (Å²) in [6.07, 6.45) is 7.92. The zero-order chi connectivity index (χ0) is 26.4. The number of piperidine rings is 1. The van der Waals surface area contributed by atoms with Crippen molar-refractivity contribution in [2.45, 2.75) is 96.7 Å². The SMILES string of the molecule is C/C=C\C(COC1CC2CCC(C1)N2CC(O)Cn1nc(Cc2ccccc2)n(CC)c1=O)=C(\F)CC. The van der Waals surface area contributed by atoms with Gasteiger partial charge in [0.05, 0.1) is 25.4 Å². The van der Waals surface area contributed by atoms with Crippen LogP contribution in [0.25, 0.3) is 0 Å². The maximum Gasteiger partial charge on any atom is 0.346 e. The van der Waals surface area contributed by atoms with Crippen LogP contribution in [-0.2, 0) is 24.2 Å². The minimum atomic E-state index is -0.689. The van der Waals surface area contributed by atoms with Crippen molar-refractivity contribution in [1.82, 2.24) is 19.2 Å². The summed E-state index contributed by atoms with van der Waals surface area (Å²) in [5.74, 6) is 0.601. The summed E-state index contributed by atoms with van der Waals surface area (Å²) in [6, 6.07) is 10.7. The number of hydrogen-bond donors (Lipinski definition) is 1. The number of nitrogens with zero attached hydrogens (tertiary/aromatic N) is 4. The van der Waals surface area contributed by atoms with Crippen LogP contribution in [0.4, 0.5) is 4.39 Å². The van der Waals surface area contributed by atoms with Crippen LogP contribution in [0.15, 0.2) is 58.7 Å². The first-order chi connectivity index (χ1) is 17.9. The first-order valence-electron chi connectivity index (χ1n) is 13.7. The third kappa shape index (κ3) is 6.67. The molecule has 1 aromatic heterocycles. The Morgan fingerprint density at radius 1 is 1.19 bits per heavy atom. The fraction of sp³-hybridized carbons (Fsp3) is 0.586. The molecule has 3 unspecified atom stereocenters. The Labute approximate surface area is 219 Å². The molecule has 2 aliphatic heterocycles. The molecule has 1 aromatic carbocycles. The Kier molecular flexibility index (Phi) is 9.51. The second-order valence-corrected chi connectivity index (χ2v) is 10.2. The van der Waals surface area contributed by atoms with Gasteiger partial charge < -0.3 is 9.84 Å². The minimum Gasteiger partial charge on any atom is -0.390 e. The molecule has 0 radical (unpaired) electrons. The van der Waals surface area contributed by atoms with E-state index in [2.05, 4.69) is 10.00 Å². The van der Waals surface area contributed by atoms with Crippen molar-refractivity contribution in [3.05, 3.63) is 75.8 Å². The van der Waals surface area contributed by atoms with E-state index in [0.717, 1.165) is 37.1 Å². The molecular formula is C29H41FN4O3. The van der Waals surface area contributed by atoms with Crippen LogP contribution in [0.3, 0.4) is 0 Å². The zero-order valence-corrected chi connectivity index (χ0v) is 22.4. The van der Waals surface area contributed by atoms with Gasteiger partial charge >= 0.3 is 5.69 Å². The fourth-order valence-electron chi connectivity index (χ4n) is 5.84. The van der Waals surface area contributed by atoms with E-state index in [1.54, 1.807) is 10.6 Å². The van der Waals surface area contributed by atoms with E-state index in [1.807, 2.05) is 57.2 Å². The summed E-state index contributed by atoms with van der Waals surface area (Å²) in [5.41, 5.74) is 1.55. The number of aliphatic hydroxyl groups excluding tert-OH is 1. The average molecular weight is 513 g/mol. The molecule has 2 fully saturated rings. The quantitative estimate of drug-likeness (QED) is 0.431. The molecule has 8 heteroatoms. The van der Waals surface area contributed by atoms with E-state index in [9.17, 15) is 14.3 Å². The number of benzene rings is 1. The monoisotopic (exact) mass is 512 g/mol. The second kappa shape index (κ2) is 12.8. The van der Waals surface area contributed by atoms with Gasteiger partial charge in [0, 0.05) is 37.2 Å². The van der Waals surface area contributed by atoms with E-state index >= 15 is 0 Å². The standard InChI is InChI=1S/C29H41FN4O3/c1-4-10-22(27(30)5-2)20-37-26-16-23-13-14-24(17-26)33(23)18-25(35)19-34-29(36)32(6-3)28(31-34)15-21-11-8-7-9-12-21/h4,7-12,23-26,35H,5-6,13-20H2,1-3H3/b10-4-,27-22-. The highest BCUT2D eigenvalue weighted by molar-refractivity contribution is 5.22. The number of ether oxygens (including phenoxy) is 1. The summed E-state index contributed by atoms with van der Waals surface area (Å²) in [6.45, 7) is 7.17. The van der Waals surface area contributed by atoms with Gasteiger partial charge in [-0.3, -0.25) is 9.47 Å². The number of fused-ring (bicyclic) bond motifs is 2. The normalized spacial score (nSPS) is 23.5. The zero-order valence-electron chi connectivity index (χ0n) is 22.4. The molecule has 202 valence electrons. The van der Waals surface area contributed by atoms with E-state index in [4.69, 9.17) is 4.74 Å². The van der Waals surface area contributed by atoms with Crippen LogP contribution in [0, 0.1) is 0 Å². The van der Waals surface area contributed by atoms with Crippen molar-refractivity contribution in [3.8, 4) is 0 Å². The first-order valence-corrected chi connectivity index (χ1v) is 13.7. The summed E-state index contributed by atoms with van der Waals surface area (Å²) in [5, 5.41) is 15.5. The van der Waals surface area contributed by atoms with Gasteiger partial charge in [0.1, 0.15) is 11.7 Å². The van der Waals surface area contributed by atoms with Crippen LogP contribution >= 0.6 is 0 Å². The van der Waals surface area contributed by atoms with Gasteiger partial charge in [-0.05, 0) is 51.5 Å². The smallest absolute Gasteiger partial charge is 0.346 e. The Morgan fingerprint density at radius 3 is 2.51 bits per heavy atom. The molecular weight excluding hydrogens is 471 g/mol. The van der Waals surface area contributed by atoms with Crippen molar-refractivity contribution >= 4 is 0 Å². The van der Waals surface area contributed by atoms with Gasteiger partial charge in [-0.25, -0.2) is 13.9 Å². The Bertz CT molecular complexity index is 1130. The maximum absolute atomic E-state index is 14.2. The summed E-state index contributed by atoms with van der Waals surface area (Å²) >= 11 is 0. The molecule has 2 aromatic rings. The molecule has 0 aliphatic carbocycles. The molecule has 2 bridgehead atoms. The molecule has 2 saturated heterocycles. The van der Waals surface area contributed by atoms with Gasteiger partial charge in [0.2, 0.25) is 0 Å². The van der Waals surface area contributed by atoms with Crippen LogP contribution in [-0.4, -0.2) is 61.8 Å².